The maximum atomic E-state index is 13.0. The average Bonchev–Trinajstić information content (AvgIpc) is 3.47. The molecule has 0 aromatic heterocycles. The van der Waals surface area contributed by atoms with Gasteiger partial charge in [0.2, 0.25) is 0 Å². The van der Waals surface area contributed by atoms with Gasteiger partial charge in [-0.2, -0.15) is 0 Å². The van der Waals surface area contributed by atoms with Crippen molar-refractivity contribution in [2.45, 2.75) is 328 Å². The second-order valence-corrected chi connectivity index (χ2v) is 24.1. The molecule has 0 rings (SSSR count). The Hall–Kier alpha value is -3.08. The molecule has 0 radical (unpaired) electrons. The van der Waals surface area contributed by atoms with Crippen molar-refractivity contribution in [2.75, 3.05) is 26.4 Å². The summed E-state index contributed by atoms with van der Waals surface area (Å²) in [5.74, 6) is -1.47. The predicted molar refractivity (Wildman–Crippen MR) is 344 cm³/mol. The van der Waals surface area contributed by atoms with Crippen molar-refractivity contribution in [1.82, 2.24) is 0 Å². The van der Waals surface area contributed by atoms with Gasteiger partial charge in [0.25, 0.3) is 0 Å². The second-order valence-electron chi connectivity index (χ2n) is 22.6. The molecule has 0 heterocycles. The summed E-state index contributed by atoms with van der Waals surface area (Å²) in [6.45, 7) is 4.55. The number of carbonyl (C=O) groups is 3. The molecule has 0 aromatic rings. The number of hydrogen-bond donors (Lipinski definition) is 2. The van der Waals surface area contributed by atoms with Gasteiger partial charge in [-0.15, -0.1) is 0 Å². The lowest BCUT2D eigenvalue weighted by molar-refractivity contribution is -0.161. The first-order valence-electron chi connectivity index (χ1n) is 33.8. The number of allylic oxidation sites excluding steroid dienone is 12. The lowest BCUT2D eigenvalue weighted by atomic mass is 10.0. The summed E-state index contributed by atoms with van der Waals surface area (Å²) in [4.78, 5) is 48.9. The van der Waals surface area contributed by atoms with Gasteiger partial charge in [0.1, 0.15) is 12.7 Å². The molecule has 476 valence electrons. The Bertz CT molecular complexity index is 1650. The number of carbonyl (C=O) groups excluding carboxylic acids is 3. The number of phosphoric ester groups is 1. The third-order valence-corrected chi connectivity index (χ3v) is 15.6. The molecule has 0 fully saturated rings. The van der Waals surface area contributed by atoms with Crippen molar-refractivity contribution >= 4 is 25.7 Å². The first-order valence-corrected chi connectivity index (χ1v) is 35.3. The van der Waals surface area contributed by atoms with Crippen LogP contribution in [0.5, 0.6) is 0 Å². The van der Waals surface area contributed by atoms with Gasteiger partial charge < -0.3 is 24.2 Å². The van der Waals surface area contributed by atoms with E-state index in [1.807, 2.05) is 0 Å². The van der Waals surface area contributed by atoms with Crippen LogP contribution < -0.4 is 0 Å². The third kappa shape index (κ3) is 61.5. The third-order valence-electron chi connectivity index (χ3n) is 14.6. The molecule has 82 heavy (non-hydrogen) atoms. The van der Waals surface area contributed by atoms with Gasteiger partial charge in [-0.05, 0) is 89.9 Å². The molecular weight excluding hydrogens is 1050 g/mol. The van der Waals surface area contributed by atoms with E-state index in [9.17, 15) is 28.9 Å². The zero-order valence-electron chi connectivity index (χ0n) is 53.0. The normalized spacial score (nSPS) is 13.7. The van der Waals surface area contributed by atoms with Crippen LogP contribution in [0, 0.1) is 0 Å². The van der Waals surface area contributed by atoms with Crippen molar-refractivity contribution in [3.05, 3.63) is 72.9 Å². The highest BCUT2D eigenvalue weighted by atomic mass is 31.2. The lowest BCUT2D eigenvalue weighted by Crippen LogP contribution is -2.30. The molecule has 0 saturated carbocycles. The monoisotopic (exact) mass is 1170 g/mol. The Labute approximate surface area is 503 Å². The van der Waals surface area contributed by atoms with E-state index in [1.54, 1.807) is 0 Å². The van der Waals surface area contributed by atoms with Crippen LogP contribution >= 0.6 is 7.82 Å². The average molecular weight is 1170 g/mol. The van der Waals surface area contributed by atoms with E-state index in [1.165, 1.54) is 135 Å². The van der Waals surface area contributed by atoms with Crippen LogP contribution in [0.3, 0.4) is 0 Å². The summed E-state index contributed by atoms with van der Waals surface area (Å²) in [7, 11) is -4.76. The van der Waals surface area contributed by atoms with Crippen molar-refractivity contribution in [1.29, 1.82) is 0 Å². The molecule has 2 N–H and O–H groups in total. The van der Waals surface area contributed by atoms with Gasteiger partial charge in [-0.25, -0.2) is 4.57 Å². The van der Waals surface area contributed by atoms with Gasteiger partial charge in [-0.1, -0.05) is 280 Å². The summed E-state index contributed by atoms with van der Waals surface area (Å²) in [5.41, 5.74) is 0. The fraction of sp³-hybridized carbons (Fsp3) is 0.786. The zero-order valence-corrected chi connectivity index (χ0v) is 53.8. The minimum atomic E-state index is -4.76. The van der Waals surface area contributed by atoms with E-state index < -0.39 is 57.8 Å². The highest BCUT2D eigenvalue weighted by molar-refractivity contribution is 7.47. The maximum absolute atomic E-state index is 13.0. The highest BCUT2D eigenvalue weighted by Gasteiger charge is 2.28. The Morgan fingerprint density at radius 2 is 0.634 bits per heavy atom. The van der Waals surface area contributed by atoms with Crippen LogP contribution in [0.25, 0.3) is 0 Å². The van der Waals surface area contributed by atoms with Gasteiger partial charge in [0.15, 0.2) is 6.10 Å². The molecule has 11 nitrogen and oxygen atoms in total. The fourth-order valence-electron chi connectivity index (χ4n) is 9.50. The smallest absolute Gasteiger partial charge is 0.462 e. The first kappa shape index (κ1) is 78.9. The van der Waals surface area contributed by atoms with Gasteiger partial charge in [-0.3, -0.25) is 23.4 Å². The molecule has 0 saturated heterocycles. The summed E-state index contributed by atoms with van der Waals surface area (Å²) in [5, 5.41) is 9.87. The maximum Gasteiger partial charge on any atom is 0.472 e. The molecule has 0 aromatic carbocycles. The standard InChI is InChI=1S/C70H125O11P/c1-4-7-10-13-16-19-22-25-28-31-33-36-38-41-44-47-50-53-56-59-68(72)77-63-67(81-70(74)61-58-55-52-49-46-43-40-37-34-32-29-26-23-20-17-14-11-8-5-2)65-79-82(75,76)78-64-66(62-71)80-69(73)60-57-54-51-48-45-42-39-35-30-27-24-21-18-15-12-9-6-3/h7,10,16,18-19,21,25,27-28,30,33,36,66-67,71H,4-6,8-9,11-15,17,20,22-24,26,29,31-32,34-35,37-65H2,1-3H3,(H,75,76)/b10-7-,19-16-,21-18-,28-25-,30-27-,36-33-. The quantitative estimate of drug-likeness (QED) is 0.0197. The minimum absolute atomic E-state index is 0.166. The van der Waals surface area contributed by atoms with Crippen LogP contribution in [0.2, 0.25) is 0 Å². The van der Waals surface area contributed by atoms with Crippen molar-refractivity contribution in [2.24, 2.45) is 0 Å². The molecule has 0 amide bonds. The Kier molecular flexibility index (Phi) is 61.5. The topological polar surface area (TPSA) is 155 Å². The Balaban J connectivity index is 4.70. The Morgan fingerprint density at radius 3 is 1.00 bits per heavy atom. The number of phosphoric acid groups is 1. The molecule has 3 atom stereocenters. The predicted octanol–water partition coefficient (Wildman–Crippen LogP) is 20.8. The van der Waals surface area contributed by atoms with E-state index in [4.69, 9.17) is 23.3 Å². The number of unbranched alkanes of at least 4 members (excludes halogenated alkanes) is 34. The molecule has 3 unspecified atom stereocenters. The van der Waals surface area contributed by atoms with Crippen LogP contribution in [-0.4, -0.2) is 66.5 Å². The van der Waals surface area contributed by atoms with Crippen molar-refractivity contribution in [3.63, 3.8) is 0 Å². The first-order chi connectivity index (χ1) is 40.2. The number of rotatable bonds is 63. The van der Waals surface area contributed by atoms with Crippen LogP contribution in [0.15, 0.2) is 72.9 Å². The molecule has 0 bridgehead atoms. The SMILES string of the molecule is CC/C=C\C/C=C\C/C=C\C/C=C\CCCCCCCCC(=O)OCC(COP(=O)(O)OCC(CO)OC(=O)CCCCCCCCC/C=C\C/C=C\CCCCC)OC(=O)CCCCCCCCCCCCCCCCCCCCC. The zero-order chi connectivity index (χ0) is 59.8. The Morgan fingerprint density at radius 1 is 0.354 bits per heavy atom. The summed E-state index contributed by atoms with van der Waals surface area (Å²) >= 11 is 0. The van der Waals surface area contributed by atoms with E-state index in [0.717, 1.165) is 122 Å². The number of ether oxygens (including phenoxy) is 3. The van der Waals surface area contributed by atoms with Crippen LogP contribution in [0.1, 0.15) is 316 Å². The van der Waals surface area contributed by atoms with E-state index in [2.05, 4.69) is 93.7 Å². The lowest BCUT2D eigenvalue weighted by Gasteiger charge is -2.21. The number of aliphatic hydroxyl groups is 1. The molecule has 12 heteroatoms. The molecular formula is C70H125O11P. The van der Waals surface area contributed by atoms with E-state index in [0.29, 0.717) is 19.3 Å². The highest BCUT2D eigenvalue weighted by Crippen LogP contribution is 2.43. The number of hydrogen-bond acceptors (Lipinski definition) is 10. The molecule has 0 aliphatic carbocycles. The van der Waals surface area contributed by atoms with Gasteiger partial charge in [0.05, 0.1) is 19.8 Å². The second kappa shape index (κ2) is 63.9. The summed E-state index contributed by atoms with van der Waals surface area (Å²) < 4.78 is 39.8. The number of esters is 3. The van der Waals surface area contributed by atoms with Gasteiger partial charge >= 0.3 is 25.7 Å². The van der Waals surface area contributed by atoms with Crippen molar-refractivity contribution < 1.29 is 52.2 Å². The molecule has 0 spiro atoms. The van der Waals surface area contributed by atoms with E-state index >= 15 is 0 Å². The largest absolute Gasteiger partial charge is 0.472 e. The van der Waals surface area contributed by atoms with Crippen LogP contribution in [-0.2, 0) is 42.2 Å². The van der Waals surface area contributed by atoms with Crippen molar-refractivity contribution in [3.8, 4) is 0 Å². The minimum Gasteiger partial charge on any atom is -0.462 e. The van der Waals surface area contributed by atoms with Gasteiger partial charge in [0, 0.05) is 19.3 Å². The molecule has 0 aliphatic heterocycles. The summed E-state index contributed by atoms with van der Waals surface area (Å²) in [6.07, 6.45) is 74.2. The van der Waals surface area contributed by atoms with Crippen LogP contribution in [0.4, 0.5) is 0 Å². The molecule has 0 aliphatic rings. The summed E-state index contributed by atoms with van der Waals surface area (Å²) in [6, 6.07) is 0. The fourth-order valence-corrected chi connectivity index (χ4v) is 10.3. The number of aliphatic hydroxyl groups excluding tert-OH is 1. The van der Waals surface area contributed by atoms with E-state index in [-0.39, 0.29) is 25.9 Å².